The van der Waals surface area contributed by atoms with Crippen LogP contribution in [0.25, 0.3) is 0 Å². The minimum absolute atomic E-state index is 0.0259. The van der Waals surface area contributed by atoms with Gasteiger partial charge in [-0.1, -0.05) is 17.3 Å². The third-order valence-electron chi connectivity index (χ3n) is 5.03. The molecule has 1 aliphatic rings. The van der Waals surface area contributed by atoms with E-state index in [4.69, 9.17) is 0 Å². The molecule has 0 unspecified atom stereocenters. The third kappa shape index (κ3) is 4.68. The van der Waals surface area contributed by atoms with Crippen molar-refractivity contribution in [2.24, 2.45) is 0 Å². The fourth-order valence-corrected chi connectivity index (χ4v) is 4.60. The van der Waals surface area contributed by atoms with Crippen LogP contribution < -0.4 is 0 Å². The number of amides is 1. The van der Waals surface area contributed by atoms with E-state index in [0.29, 0.717) is 13.1 Å². The van der Waals surface area contributed by atoms with Gasteiger partial charge in [0.05, 0.1) is 30.3 Å². The second-order valence-corrected chi connectivity index (χ2v) is 9.05. The molecule has 0 saturated carbocycles. The maximum atomic E-state index is 12.9. The summed E-state index contributed by atoms with van der Waals surface area (Å²) in [7, 11) is -1.31. The minimum Gasteiger partial charge on any atom is -0.465 e. The molecule has 1 aliphatic heterocycles. The minimum atomic E-state index is -3.93. The van der Waals surface area contributed by atoms with Crippen LogP contribution in [0.3, 0.4) is 0 Å². The average Bonchev–Trinajstić information content (AvgIpc) is 3.26. The Morgan fingerprint density at radius 3 is 2.57 bits per heavy atom. The van der Waals surface area contributed by atoms with Gasteiger partial charge in [0, 0.05) is 26.7 Å². The lowest BCUT2D eigenvalue weighted by Gasteiger charge is -2.25. The molecule has 1 fully saturated rings. The molecule has 0 radical (unpaired) electrons. The van der Waals surface area contributed by atoms with Crippen molar-refractivity contribution in [3.63, 3.8) is 0 Å². The summed E-state index contributed by atoms with van der Waals surface area (Å²) in [6, 6.07) is 5.88. The van der Waals surface area contributed by atoms with E-state index >= 15 is 0 Å². The van der Waals surface area contributed by atoms with E-state index < -0.39 is 16.0 Å². The zero-order valence-electron chi connectivity index (χ0n) is 17.0. The maximum Gasteiger partial charge on any atom is 0.339 e. The van der Waals surface area contributed by atoms with Crippen molar-refractivity contribution >= 4 is 21.9 Å². The number of likely N-dealkylation sites (tertiary alicyclic amines) is 1. The Labute approximate surface area is 175 Å². The molecule has 0 N–H and O–H groups in total. The standard InChI is InChI=1S/C19H25N5O5S/c1-22(30(27,28)17-9-5-4-8-15(17)19(26)29-2)12-13-24-14-16(20-21-24)18(25)23-10-6-3-7-11-23/h4-5,8-9,14H,3,6-7,10-13H2,1-2H3. The van der Waals surface area contributed by atoms with Crippen molar-refractivity contribution < 1.29 is 22.7 Å². The van der Waals surface area contributed by atoms with Gasteiger partial charge >= 0.3 is 5.97 Å². The van der Waals surface area contributed by atoms with Gasteiger partial charge in [-0.05, 0) is 31.4 Å². The molecule has 0 bridgehead atoms. The summed E-state index contributed by atoms with van der Waals surface area (Å²) in [6.45, 7) is 1.72. The first-order chi connectivity index (χ1) is 14.3. The number of carbonyl (C=O) groups excluding carboxylic acids is 2. The predicted molar refractivity (Wildman–Crippen MR) is 107 cm³/mol. The topological polar surface area (TPSA) is 115 Å². The molecule has 10 nitrogen and oxygen atoms in total. The highest BCUT2D eigenvalue weighted by Gasteiger charge is 2.27. The molecule has 0 atom stereocenters. The first-order valence-corrected chi connectivity index (χ1v) is 11.1. The second kappa shape index (κ2) is 9.35. The molecule has 11 heteroatoms. The van der Waals surface area contributed by atoms with Crippen molar-refractivity contribution in [2.75, 3.05) is 33.8 Å². The predicted octanol–water partition coefficient (Wildman–Crippen LogP) is 1.01. The number of hydrogen-bond donors (Lipinski definition) is 0. The number of benzene rings is 1. The zero-order chi connectivity index (χ0) is 21.7. The largest absolute Gasteiger partial charge is 0.465 e. The highest BCUT2D eigenvalue weighted by atomic mass is 32.2. The molecular formula is C19H25N5O5S. The number of piperidine rings is 1. The number of likely N-dealkylation sites (N-methyl/N-ethyl adjacent to an activating group) is 1. The second-order valence-electron chi connectivity index (χ2n) is 7.03. The summed E-state index contributed by atoms with van der Waals surface area (Å²) in [4.78, 5) is 26.0. The van der Waals surface area contributed by atoms with E-state index in [1.165, 1.54) is 37.2 Å². The number of sulfonamides is 1. The lowest BCUT2D eigenvalue weighted by atomic mass is 10.1. The van der Waals surface area contributed by atoms with Gasteiger partial charge in [-0.15, -0.1) is 5.10 Å². The number of nitrogens with zero attached hydrogens (tertiary/aromatic N) is 5. The summed E-state index contributed by atoms with van der Waals surface area (Å²) in [5.41, 5.74) is 0.223. The van der Waals surface area contributed by atoms with Gasteiger partial charge in [-0.25, -0.2) is 13.2 Å². The average molecular weight is 436 g/mol. The van der Waals surface area contributed by atoms with Crippen LogP contribution in [-0.2, 0) is 21.3 Å². The Kier molecular flexibility index (Phi) is 6.83. The molecular weight excluding hydrogens is 410 g/mol. The fraction of sp³-hybridized carbons (Fsp3) is 0.474. The molecule has 1 aromatic carbocycles. The molecule has 1 amide bonds. The van der Waals surface area contributed by atoms with Gasteiger partial charge in [0.25, 0.3) is 5.91 Å². The van der Waals surface area contributed by atoms with Crippen LogP contribution in [0.15, 0.2) is 35.4 Å². The van der Waals surface area contributed by atoms with Crippen molar-refractivity contribution in [1.29, 1.82) is 0 Å². The Balaban J connectivity index is 1.67. The van der Waals surface area contributed by atoms with Crippen molar-refractivity contribution in [3.05, 3.63) is 41.7 Å². The van der Waals surface area contributed by atoms with Gasteiger partial charge in [0.15, 0.2) is 5.69 Å². The Hall–Kier alpha value is -2.79. The Bertz CT molecular complexity index is 1010. The molecule has 1 aromatic heterocycles. The van der Waals surface area contributed by atoms with Crippen molar-refractivity contribution in [3.8, 4) is 0 Å². The number of ether oxygens (including phenoxy) is 1. The quantitative estimate of drug-likeness (QED) is 0.596. The molecule has 162 valence electrons. The summed E-state index contributed by atoms with van der Waals surface area (Å²) >= 11 is 0. The van der Waals surface area contributed by atoms with E-state index in [9.17, 15) is 18.0 Å². The summed E-state index contributed by atoms with van der Waals surface area (Å²) in [5, 5.41) is 7.87. The normalized spacial score (nSPS) is 14.7. The van der Waals surface area contributed by atoms with E-state index in [2.05, 4.69) is 15.0 Å². The highest BCUT2D eigenvalue weighted by molar-refractivity contribution is 7.89. The smallest absolute Gasteiger partial charge is 0.339 e. The zero-order valence-corrected chi connectivity index (χ0v) is 17.8. The van der Waals surface area contributed by atoms with Crippen molar-refractivity contribution in [2.45, 2.75) is 30.7 Å². The lowest BCUT2D eigenvalue weighted by molar-refractivity contribution is 0.0595. The molecule has 30 heavy (non-hydrogen) atoms. The van der Waals surface area contributed by atoms with Gasteiger partial charge in [-0.3, -0.25) is 9.48 Å². The maximum absolute atomic E-state index is 12.9. The van der Waals surface area contributed by atoms with Crippen LogP contribution in [0.5, 0.6) is 0 Å². The molecule has 0 spiro atoms. The van der Waals surface area contributed by atoms with Crippen LogP contribution in [0.1, 0.15) is 40.1 Å². The van der Waals surface area contributed by atoms with E-state index in [1.807, 2.05) is 0 Å². The first kappa shape index (κ1) is 21.9. The van der Waals surface area contributed by atoms with Crippen molar-refractivity contribution in [1.82, 2.24) is 24.2 Å². The van der Waals surface area contributed by atoms with Crippen LogP contribution in [-0.4, -0.2) is 78.3 Å². The Morgan fingerprint density at radius 1 is 1.17 bits per heavy atom. The van der Waals surface area contributed by atoms with Crippen LogP contribution in [0.2, 0.25) is 0 Å². The van der Waals surface area contributed by atoms with Crippen LogP contribution in [0, 0.1) is 0 Å². The van der Waals surface area contributed by atoms with Crippen LogP contribution in [0.4, 0.5) is 0 Å². The number of rotatable bonds is 7. The lowest BCUT2D eigenvalue weighted by Crippen LogP contribution is -2.35. The molecule has 1 saturated heterocycles. The molecule has 2 heterocycles. The number of methoxy groups -OCH3 is 1. The number of hydrogen-bond acceptors (Lipinski definition) is 7. The highest BCUT2D eigenvalue weighted by Crippen LogP contribution is 2.20. The Morgan fingerprint density at radius 2 is 1.87 bits per heavy atom. The third-order valence-corrected chi connectivity index (χ3v) is 6.94. The van der Waals surface area contributed by atoms with Gasteiger partial charge in [0.1, 0.15) is 0 Å². The molecule has 2 aromatic rings. The van der Waals surface area contributed by atoms with Crippen LogP contribution >= 0.6 is 0 Å². The SMILES string of the molecule is COC(=O)c1ccccc1S(=O)(=O)N(C)CCn1cc(C(=O)N2CCCCC2)nn1. The summed E-state index contributed by atoms with van der Waals surface area (Å²) in [5.74, 6) is -0.881. The number of aromatic nitrogens is 3. The summed E-state index contributed by atoms with van der Waals surface area (Å²) < 4.78 is 33.1. The van der Waals surface area contributed by atoms with Gasteiger partial charge in [0.2, 0.25) is 10.0 Å². The van der Waals surface area contributed by atoms with Gasteiger partial charge in [-0.2, -0.15) is 4.31 Å². The number of carbonyl (C=O) groups is 2. The first-order valence-electron chi connectivity index (χ1n) is 9.67. The monoisotopic (exact) mass is 435 g/mol. The number of esters is 1. The van der Waals surface area contributed by atoms with E-state index in [0.717, 1.165) is 23.6 Å². The molecule has 3 rings (SSSR count). The molecule has 0 aliphatic carbocycles. The van der Waals surface area contributed by atoms with E-state index in [-0.39, 0.29) is 35.1 Å². The fourth-order valence-electron chi connectivity index (χ4n) is 3.27. The summed E-state index contributed by atoms with van der Waals surface area (Å²) in [6.07, 6.45) is 4.61. The van der Waals surface area contributed by atoms with Gasteiger partial charge < -0.3 is 9.64 Å². The van der Waals surface area contributed by atoms with E-state index in [1.54, 1.807) is 17.0 Å².